The van der Waals surface area contributed by atoms with E-state index in [4.69, 9.17) is 9.31 Å². The van der Waals surface area contributed by atoms with Gasteiger partial charge in [0.2, 0.25) is 0 Å². The van der Waals surface area contributed by atoms with Crippen LogP contribution in [-0.4, -0.2) is 32.0 Å². The predicted octanol–water partition coefficient (Wildman–Crippen LogP) is 14.7. The molecule has 0 saturated carbocycles. The van der Waals surface area contributed by atoms with E-state index in [0.29, 0.717) is 5.56 Å². The lowest BCUT2D eigenvalue weighted by atomic mass is 9.79. The summed E-state index contributed by atoms with van der Waals surface area (Å²) >= 11 is 0. The Kier molecular flexibility index (Phi) is 9.74. The Bertz CT molecular complexity index is 3810. The van der Waals surface area contributed by atoms with Crippen molar-refractivity contribution < 1.29 is 10.7 Å². The van der Waals surface area contributed by atoms with E-state index in [1.165, 1.54) is 54.4 Å². The maximum atomic E-state index is 10.0. The molecule has 4 heterocycles. The van der Waals surface area contributed by atoms with Gasteiger partial charge in [0.1, 0.15) is 0 Å². The van der Waals surface area contributed by atoms with Gasteiger partial charge in [0.05, 0.1) is 55.9 Å². The standard InChI is InChI=1S/C37H23N3.C24H24BNO2.H2/c38-24-25-20-27(23-29(21-25)40-36-18-7-3-14-32(36)33-15-4-8-19-37(33)40)26-10-9-11-28(22-26)39-34-16-5-1-12-30(34)31-13-2-6-17-35(31)39;1-23(2)24(3,4)28-25(27-23)17-10-9-11-18(16-17)26-21-14-7-5-12-19(21)20-13-6-8-15-22(20)26;/h1-23H;5-16H,1-4H3;1H/i;;1+1. The molecule has 3 aromatic heterocycles. The molecule has 1 aliphatic rings. The fraction of sp³-hybridized carbons (Fsp3) is 0.0984. The number of hydrogen-bond donors (Lipinski definition) is 0. The molecular formula is C61H49BN4O2. The van der Waals surface area contributed by atoms with E-state index < -0.39 is 0 Å². The highest BCUT2D eigenvalue weighted by atomic mass is 16.7. The van der Waals surface area contributed by atoms with Crippen LogP contribution >= 0.6 is 0 Å². The normalized spacial score (nSPS) is 14.2. The Labute approximate surface area is 397 Å². The number of rotatable bonds is 5. The maximum Gasteiger partial charge on any atom is 0.494 e. The molecule has 1 saturated heterocycles. The fourth-order valence-electron chi connectivity index (χ4n) is 10.2. The summed E-state index contributed by atoms with van der Waals surface area (Å²) in [6.45, 7) is 8.35. The van der Waals surface area contributed by atoms with Crippen molar-refractivity contribution in [2.75, 3.05) is 0 Å². The number of benzene rings is 9. The molecule has 13 rings (SSSR count). The number of aromatic nitrogens is 3. The van der Waals surface area contributed by atoms with E-state index in [0.717, 1.165) is 44.7 Å². The van der Waals surface area contributed by atoms with Crippen LogP contribution in [0.5, 0.6) is 0 Å². The third-order valence-electron chi connectivity index (χ3n) is 14.1. The molecule has 0 atom stereocenters. The van der Waals surface area contributed by atoms with Gasteiger partial charge in [-0.1, -0.05) is 133 Å². The zero-order valence-corrected chi connectivity index (χ0v) is 38.4. The monoisotopic (exact) mass is 881 g/mol. The highest BCUT2D eigenvalue weighted by molar-refractivity contribution is 6.62. The van der Waals surface area contributed by atoms with Gasteiger partial charge >= 0.3 is 7.12 Å². The summed E-state index contributed by atoms with van der Waals surface area (Å²) in [4.78, 5) is 0. The third-order valence-corrected chi connectivity index (χ3v) is 14.1. The number of para-hydroxylation sites is 6. The van der Waals surface area contributed by atoms with Crippen molar-refractivity contribution in [1.29, 1.82) is 5.26 Å². The van der Waals surface area contributed by atoms with Crippen LogP contribution in [-0.2, 0) is 9.31 Å². The van der Waals surface area contributed by atoms with Gasteiger partial charge < -0.3 is 23.0 Å². The van der Waals surface area contributed by atoms with Crippen LogP contribution in [0, 0.1) is 11.3 Å². The molecule has 9 aromatic carbocycles. The molecule has 0 radical (unpaired) electrons. The zero-order chi connectivity index (χ0) is 46.1. The van der Waals surface area contributed by atoms with E-state index in [1.807, 2.05) is 12.1 Å². The number of nitriles is 1. The van der Waals surface area contributed by atoms with Gasteiger partial charge in [-0.3, -0.25) is 0 Å². The summed E-state index contributed by atoms with van der Waals surface area (Å²) in [6.07, 6.45) is 0. The second-order valence-corrected chi connectivity index (χ2v) is 18.7. The van der Waals surface area contributed by atoms with Crippen molar-refractivity contribution in [3.63, 3.8) is 0 Å². The first-order chi connectivity index (χ1) is 33.2. The van der Waals surface area contributed by atoms with Gasteiger partial charge in [-0.25, -0.2) is 0 Å². The average Bonchev–Trinajstić information content (AvgIpc) is 4.08. The molecule has 0 N–H and O–H groups in total. The van der Waals surface area contributed by atoms with Crippen LogP contribution in [0.15, 0.2) is 212 Å². The quantitative estimate of drug-likeness (QED) is 0.162. The third kappa shape index (κ3) is 6.72. The summed E-state index contributed by atoms with van der Waals surface area (Å²) < 4.78 is 19.4. The molecule has 328 valence electrons. The second kappa shape index (κ2) is 16.0. The lowest BCUT2D eigenvalue weighted by Gasteiger charge is -2.32. The van der Waals surface area contributed by atoms with Gasteiger partial charge in [0, 0.05) is 50.8 Å². The second-order valence-electron chi connectivity index (χ2n) is 18.7. The first-order valence-electron chi connectivity index (χ1n) is 23.2. The van der Waals surface area contributed by atoms with E-state index in [9.17, 15) is 5.26 Å². The van der Waals surface area contributed by atoms with Crippen molar-refractivity contribution in [2.45, 2.75) is 38.9 Å². The smallest absolute Gasteiger partial charge is 0.399 e. The Balaban J connectivity index is 0.000000158. The van der Waals surface area contributed by atoms with Crippen LogP contribution in [0.3, 0.4) is 0 Å². The molecule has 0 amide bonds. The SMILES string of the molecule is CC1(C)OB(c2cccc(-n3c4ccccc4c4ccccc43)c2)OC1(C)C.N#Cc1cc(-c2cccc(-n3c4ccccc4c4ccccc43)c2)cc(-n2c3ccccc3c3ccccc32)c1.[2HH]. The molecular weight excluding hydrogens is 832 g/mol. The lowest BCUT2D eigenvalue weighted by molar-refractivity contribution is 0.00578. The van der Waals surface area contributed by atoms with Crippen LogP contribution < -0.4 is 5.46 Å². The number of hydrogen-bond acceptors (Lipinski definition) is 3. The molecule has 7 heteroatoms. The molecule has 0 bridgehead atoms. The van der Waals surface area contributed by atoms with E-state index in [-0.39, 0.29) is 19.7 Å². The molecule has 12 aromatic rings. The van der Waals surface area contributed by atoms with Crippen molar-refractivity contribution in [3.05, 3.63) is 218 Å². The Morgan fingerprint density at radius 1 is 0.382 bits per heavy atom. The van der Waals surface area contributed by atoms with E-state index in [1.54, 1.807) is 0 Å². The molecule has 68 heavy (non-hydrogen) atoms. The lowest BCUT2D eigenvalue weighted by Crippen LogP contribution is -2.41. The van der Waals surface area contributed by atoms with Gasteiger partial charge in [-0.15, -0.1) is 0 Å². The Morgan fingerprint density at radius 3 is 1.15 bits per heavy atom. The number of nitrogens with zero attached hydrogens (tertiary/aromatic N) is 4. The average molecular weight is 882 g/mol. The van der Waals surface area contributed by atoms with Crippen LogP contribution in [0.2, 0.25) is 0 Å². The highest BCUT2D eigenvalue weighted by Crippen LogP contribution is 2.39. The minimum Gasteiger partial charge on any atom is -0.399 e. The Hall–Kier alpha value is -8.15. The van der Waals surface area contributed by atoms with Crippen LogP contribution in [0.1, 0.15) is 34.7 Å². The zero-order valence-electron chi connectivity index (χ0n) is 38.4. The molecule has 0 unspecified atom stereocenters. The Morgan fingerprint density at radius 2 is 0.735 bits per heavy atom. The van der Waals surface area contributed by atoms with Crippen LogP contribution in [0.4, 0.5) is 0 Å². The first-order valence-corrected chi connectivity index (χ1v) is 23.2. The predicted molar refractivity (Wildman–Crippen MR) is 284 cm³/mol. The summed E-state index contributed by atoms with van der Waals surface area (Å²) in [5.74, 6) is 0. The van der Waals surface area contributed by atoms with E-state index >= 15 is 0 Å². The number of fused-ring (bicyclic) bond motifs is 9. The summed E-state index contributed by atoms with van der Waals surface area (Å²) in [7, 11) is -0.363. The largest absolute Gasteiger partial charge is 0.494 e. The first kappa shape index (κ1) is 41.3. The van der Waals surface area contributed by atoms with E-state index in [2.05, 4.69) is 248 Å². The van der Waals surface area contributed by atoms with Crippen molar-refractivity contribution in [3.8, 4) is 34.3 Å². The molecule has 6 nitrogen and oxygen atoms in total. The minimum absolute atomic E-state index is 0. The topological polar surface area (TPSA) is 57.0 Å². The summed E-state index contributed by atoms with van der Waals surface area (Å²) in [5, 5.41) is 17.4. The van der Waals surface area contributed by atoms with Gasteiger partial charge in [0.15, 0.2) is 0 Å². The minimum atomic E-state index is -0.363. The van der Waals surface area contributed by atoms with Crippen molar-refractivity contribution in [2.24, 2.45) is 0 Å². The van der Waals surface area contributed by atoms with Gasteiger partial charge in [-0.05, 0) is 123 Å². The van der Waals surface area contributed by atoms with Gasteiger partial charge in [0.25, 0.3) is 0 Å². The van der Waals surface area contributed by atoms with Crippen LogP contribution in [0.25, 0.3) is 93.6 Å². The molecule has 0 aliphatic carbocycles. The summed E-state index contributed by atoms with van der Waals surface area (Å²) in [5.41, 5.74) is 13.3. The fourth-order valence-corrected chi connectivity index (χ4v) is 10.2. The molecule has 1 fully saturated rings. The summed E-state index contributed by atoms with van der Waals surface area (Å²) in [6, 6.07) is 76.8. The maximum absolute atomic E-state index is 10.0. The molecule has 1 aliphatic heterocycles. The van der Waals surface area contributed by atoms with Crippen molar-refractivity contribution >= 4 is 78.0 Å². The van der Waals surface area contributed by atoms with Crippen molar-refractivity contribution in [1.82, 2.24) is 13.7 Å². The molecule has 0 spiro atoms. The highest BCUT2D eigenvalue weighted by Gasteiger charge is 2.51. The van der Waals surface area contributed by atoms with Gasteiger partial charge in [-0.2, -0.15) is 5.26 Å².